The van der Waals surface area contributed by atoms with Crippen molar-refractivity contribution in [2.45, 2.75) is 25.6 Å². The number of para-hydroxylation sites is 1. The van der Waals surface area contributed by atoms with Gasteiger partial charge in [-0.2, -0.15) is 0 Å². The monoisotopic (exact) mass is 300 g/mol. The third-order valence-corrected chi connectivity index (χ3v) is 3.27. The molecule has 1 aromatic rings. The number of nitrogens with zero attached hydrogens (tertiary/aromatic N) is 1. The van der Waals surface area contributed by atoms with Crippen LogP contribution < -0.4 is 10.1 Å². The smallest absolute Gasteiger partial charge is 0.329 e. The van der Waals surface area contributed by atoms with Crippen molar-refractivity contribution < 1.29 is 14.4 Å². The lowest BCUT2D eigenvalue weighted by atomic mass is 10.1. The van der Waals surface area contributed by atoms with E-state index < -0.39 is 4.92 Å². The minimum absolute atomic E-state index is 0.0653. The Morgan fingerprint density at radius 3 is 3.00 bits per heavy atom. The molecule has 1 N–H and O–H groups in total. The van der Waals surface area contributed by atoms with Crippen molar-refractivity contribution in [3.05, 3.63) is 33.3 Å². The van der Waals surface area contributed by atoms with Crippen LogP contribution in [-0.2, 0) is 4.74 Å². The highest BCUT2D eigenvalue weighted by molar-refractivity contribution is 6.32. The molecular weight excluding hydrogens is 284 g/mol. The van der Waals surface area contributed by atoms with Gasteiger partial charge in [-0.1, -0.05) is 17.7 Å². The summed E-state index contributed by atoms with van der Waals surface area (Å²) in [5, 5.41) is 14.3. The molecule has 1 aliphatic rings. The van der Waals surface area contributed by atoms with Crippen LogP contribution >= 0.6 is 11.6 Å². The van der Waals surface area contributed by atoms with E-state index in [9.17, 15) is 10.1 Å². The average Bonchev–Trinajstić information content (AvgIpc) is 2.34. The zero-order chi connectivity index (χ0) is 14.8. The van der Waals surface area contributed by atoms with Crippen molar-refractivity contribution in [2.75, 3.05) is 19.7 Å². The Labute approximate surface area is 122 Å². The molecule has 2 rings (SSSR count). The van der Waals surface area contributed by atoms with Gasteiger partial charge in [0.25, 0.3) is 0 Å². The number of nitrogens with one attached hydrogen (secondary N) is 1. The number of nitro benzene ring substituents is 1. The number of benzene rings is 1. The highest BCUT2D eigenvalue weighted by atomic mass is 35.5. The second-order valence-electron chi connectivity index (χ2n) is 5.29. The van der Waals surface area contributed by atoms with E-state index in [0.29, 0.717) is 6.54 Å². The maximum atomic E-state index is 11.0. The van der Waals surface area contributed by atoms with E-state index in [2.05, 4.69) is 5.32 Å². The predicted octanol–water partition coefficient (Wildman–Crippen LogP) is 2.39. The van der Waals surface area contributed by atoms with Crippen molar-refractivity contribution >= 4 is 17.3 Å². The maximum Gasteiger partial charge on any atom is 0.329 e. The quantitative estimate of drug-likeness (QED) is 0.683. The zero-order valence-corrected chi connectivity index (χ0v) is 12.1. The van der Waals surface area contributed by atoms with E-state index in [1.165, 1.54) is 12.1 Å². The van der Waals surface area contributed by atoms with Gasteiger partial charge in [0, 0.05) is 13.1 Å². The highest BCUT2D eigenvalue weighted by Crippen LogP contribution is 2.34. The molecule has 0 aromatic heterocycles. The van der Waals surface area contributed by atoms with Gasteiger partial charge in [-0.05, 0) is 26.0 Å². The van der Waals surface area contributed by atoms with E-state index in [4.69, 9.17) is 21.1 Å². The Bertz CT molecular complexity index is 507. The molecule has 1 fully saturated rings. The third-order valence-electron chi connectivity index (χ3n) is 2.97. The van der Waals surface area contributed by atoms with Gasteiger partial charge in [0.15, 0.2) is 5.75 Å². The van der Waals surface area contributed by atoms with Crippen LogP contribution in [0.4, 0.5) is 5.69 Å². The van der Waals surface area contributed by atoms with Gasteiger partial charge in [0.2, 0.25) is 0 Å². The molecule has 1 atom stereocenters. The molecule has 1 aliphatic heterocycles. The molecule has 110 valence electrons. The van der Waals surface area contributed by atoms with Gasteiger partial charge in [0.1, 0.15) is 17.7 Å². The predicted molar refractivity (Wildman–Crippen MR) is 75.4 cm³/mol. The first kappa shape index (κ1) is 15.0. The van der Waals surface area contributed by atoms with Crippen LogP contribution in [-0.4, -0.2) is 36.3 Å². The molecule has 0 amide bonds. The van der Waals surface area contributed by atoms with E-state index >= 15 is 0 Å². The van der Waals surface area contributed by atoms with Gasteiger partial charge in [-0.3, -0.25) is 10.1 Å². The molecule has 0 saturated carbocycles. The summed E-state index contributed by atoms with van der Waals surface area (Å²) in [5.41, 5.74) is -0.482. The molecule has 0 aliphatic carbocycles. The Morgan fingerprint density at radius 1 is 1.60 bits per heavy atom. The first-order valence-electron chi connectivity index (χ1n) is 6.33. The third kappa shape index (κ3) is 3.59. The van der Waals surface area contributed by atoms with Crippen LogP contribution in [0.2, 0.25) is 5.02 Å². The summed E-state index contributed by atoms with van der Waals surface area (Å²) in [7, 11) is 0. The SMILES string of the molecule is CC1(C)CNCC(COc2cccc(Cl)c2[N+](=O)[O-])O1. The number of ether oxygens (including phenoxy) is 2. The average molecular weight is 301 g/mol. The standard InChI is InChI=1S/C13H17ClN2O4/c1-13(2)8-15-6-9(20-13)7-19-11-5-3-4-10(14)12(11)16(17)18/h3-5,9,15H,6-8H2,1-2H3. The van der Waals surface area contributed by atoms with Crippen LogP contribution in [0.3, 0.4) is 0 Å². The van der Waals surface area contributed by atoms with Gasteiger partial charge >= 0.3 is 5.69 Å². The van der Waals surface area contributed by atoms with Gasteiger partial charge in [-0.25, -0.2) is 0 Å². The first-order valence-corrected chi connectivity index (χ1v) is 6.71. The summed E-state index contributed by atoms with van der Waals surface area (Å²) < 4.78 is 11.4. The molecule has 0 radical (unpaired) electrons. The topological polar surface area (TPSA) is 73.6 Å². The normalized spacial score (nSPS) is 21.4. The second-order valence-corrected chi connectivity index (χ2v) is 5.69. The van der Waals surface area contributed by atoms with Crippen molar-refractivity contribution in [1.82, 2.24) is 5.32 Å². The number of nitro groups is 1. The lowest BCUT2D eigenvalue weighted by Crippen LogP contribution is -2.52. The van der Waals surface area contributed by atoms with Crippen molar-refractivity contribution in [3.63, 3.8) is 0 Å². The fourth-order valence-corrected chi connectivity index (χ4v) is 2.37. The van der Waals surface area contributed by atoms with Crippen LogP contribution in [0.15, 0.2) is 18.2 Å². The van der Waals surface area contributed by atoms with Crippen molar-refractivity contribution in [1.29, 1.82) is 0 Å². The van der Waals surface area contributed by atoms with Crippen LogP contribution in [0.25, 0.3) is 0 Å². The van der Waals surface area contributed by atoms with Crippen LogP contribution in [0, 0.1) is 10.1 Å². The number of hydrogen-bond donors (Lipinski definition) is 1. The molecule has 20 heavy (non-hydrogen) atoms. The molecule has 7 heteroatoms. The Morgan fingerprint density at radius 2 is 2.35 bits per heavy atom. The summed E-state index contributed by atoms with van der Waals surface area (Å²) in [6, 6.07) is 4.62. The molecular formula is C13H17ClN2O4. The number of rotatable bonds is 4. The number of morpholine rings is 1. The molecule has 6 nitrogen and oxygen atoms in total. The van der Waals surface area contributed by atoms with E-state index in [1.807, 2.05) is 13.8 Å². The van der Waals surface area contributed by atoms with Gasteiger partial charge in [0.05, 0.1) is 10.5 Å². The maximum absolute atomic E-state index is 11.0. The summed E-state index contributed by atoms with van der Waals surface area (Å²) in [6.07, 6.45) is -0.155. The minimum atomic E-state index is -0.540. The molecule has 1 heterocycles. The van der Waals surface area contributed by atoms with E-state index in [0.717, 1.165) is 6.54 Å². The van der Waals surface area contributed by atoms with Crippen molar-refractivity contribution in [2.24, 2.45) is 0 Å². The Kier molecular flexibility index (Phi) is 4.47. The van der Waals surface area contributed by atoms with E-state index in [1.54, 1.807) is 6.07 Å². The summed E-state index contributed by atoms with van der Waals surface area (Å²) >= 11 is 5.83. The lowest BCUT2D eigenvalue weighted by Gasteiger charge is -2.36. The van der Waals surface area contributed by atoms with Gasteiger partial charge < -0.3 is 14.8 Å². The molecule has 1 unspecified atom stereocenters. The van der Waals surface area contributed by atoms with Gasteiger partial charge in [-0.15, -0.1) is 0 Å². The van der Waals surface area contributed by atoms with Crippen LogP contribution in [0.5, 0.6) is 5.75 Å². The molecule has 1 aromatic carbocycles. The van der Waals surface area contributed by atoms with E-state index in [-0.39, 0.29) is 34.8 Å². The molecule has 0 bridgehead atoms. The highest BCUT2D eigenvalue weighted by Gasteiger charge is 2.29. The number of hydrogen-bond acceptors (Lipinski definition) is 5. The number of halogens is 1. The van der Waals surface area contributed by atoms with Crippen molar-refractivity contribution in [3.8, 4) is 5.75 Å². The Hall–Kier alpha value is -1.37. The second kappa shape index (κ2) is 5.95. The minimum Gasteiger partial charge on any atom is -0.484 e. The summed E-state index contributed by atoms with van der Waals surface area (Å²) in [5.74, 6) is 0.162. The van der Waals surface area contributed by atoms with Crippen LogP contribution in [0.1, 0.15) is 13.8 Å². The molecule has 0 spiro atoms. The Balaban J connectivity index is 2.04. The molecule has 1 saturated heterocycles. The summed E-state index contributed by atoms with van der Waals surface area (Å²) in [4.78, 5) is 10.5. The largest absolute Gasteiger partial charge is 0.484 e. The lowest BCUT2D eigenvalue weighted by molar-refractivity contribution is -0.385. The summed E-state index contributed by atoms with van der Waals surface area (Å²) in [6.45, 7) is 5.61. The first-order chi connectivity index (χ1) is 9.39. The fourth-order valence-electron chi connectivity index (χ4n) is 2.13. The zero-order valence-electron chi connectivity index (χ0n) is 11.4. The fraction of sp³-hybridized carbons (Fsp3) is 0.538.